The fourth-order valence-corrected chi connectivity index (χ4v) is 2.79. The van der Waals surface area contributed by atoms with E-state index in [4.69, 9.17) is 4.74 Å². The van der Waals surface area contributed by atoms with Gasteiger partial charge in [0.25, 0.3) is 0 Å². The molecule has 0 aliphatic heterocycles. The Morgan fingerprint density at radius 3 is 2.55 bits per heavy atom. The highest BCUT2D eigenvalue weighted by Gasteiger charge is 2.17. The number of thioether (sulfide) groups is 1. The minimum atomic E-state index is 0.175. The van der Waals surface area contributed by atoms with Crippen molar-refractivity contribution in [3.05, 3.63) is 24.0 Å². The van der Waals surface area contributed by atoms with Crippen molar-refractivity contribution in [1.29, 1.82) is 0 Å². The molecule has 0 amide bonds. The summed E-state index contributed by atoms with van der Waals surface area (Å²) in [6.07, 6.45) is 3.89. The highest BCUT2D eigenvalue weighted by atomic mass is 32.2. The van der Waals surface area contributed by atoms with Crippen LogP contribution >= 0.6 is 11.8 Å². The molecule has 0 fully saturated rings. The molecule has 0 aliphatic rings. The first-order valence-corrected chi connectivity index (χ1v) is 8.29. The molecule has 114 valence electrons. The predicted octanol–water partition coefficient (Wildman–Crippen LogP) is 4.05. The lowest BCUT2D eigenvalue weighted by Gasteiger charge is -2.24. The SMILES string of the molecule is CCNC(CSC(C)(C)C)c1cncc(OC(C)C)c1. The molecule has 0 saturated heterocycles. The molecule has 0 aliphatic carbocycles. The van der Waals surface area contributed by atoms with E-state index in [-0.39, 0.29) is 10.9 Å². The van der Waals surface area contributed by atoms with Gasteiger partial charge in [0, 0.05) is 22.7 Å². The Hall–Kier alpha value is -0.740. The summed E-state index contributed by atoms with van der Waals surface area (Å²) in [6.45, 7) is 13.9. The van der Waals surface area contributed by atoms with Crippen LogP contribution in [-0.4, -0.2) is 28.1 Å². The van der Waals surface area contributed by atoms with Crippen molar-refractivity contribution in [3.63, 3.8) is 0 Å². The summed E-state index contributed by atoms with van der Waals surface area (Å²) in [7, 11) is 0. The molecule has 0 bridgehead atoms. The second-order valence-corrected chi connectivity index (χ2v) is 8.00. The number of pyridine rings is 1. The lowest BCUT2D eigenvalue weighted by Crippen LogP contribution is -2.25. The maximum absolute atomic E-state index is 5.73. The van der Waals surface area contributed by atoms with Gasteiger partial charge in [0.1, 0.15) is 5.75 Å². The minimum Gasteiger partial charge on any atom is -0.489 e. The molecule has 1 rings (SSSR count). The summed E-state index contributed by atoms with van der Waals surface area (Å²) in [5.74, 6) is 1.88. The molecule has 1 aromatic rings. The lowest BCUT2D eigenvalue weighted by atomic mass is 10.1. The van der Waals surface area contributed by atoms with Crippen LogP contribution in [-0.2, 0) is 0 Å². The average molecular weight is 296 g/mol. The molecular weight excluding hydrogens is 268 g/mol. The van der Waals surface area contributed by atoms with Crippen LogP contribution in [0, 0.1) is 0 Å². The van der Waals surface area contributed by atoms with E-state index in [9.17, 15) is 0 Å². The lowest BCUT2D eigenvalue weighted by molar-refractivity contribution is 0.241. The molecule has 0 saturated carbocycles. The number of nitrogens with one attached hydrogen (secondary N) is 1. The van der Waals surface area contributed by atoms with E-state index >= 15 is 0 Å². The van der Waals surface area contributed by atoms with Crippen molar-refractivity contribution in [3.8, 4) is 5.75 Å². The molecular formula is C16H28N2OS. The van der Waals surface area contributed by atoms with Crippen LogP contribution in [0.5, 0.6) is 5.75 Å². The summed E-state index contributed by atoms with van der Waals surface area (Å²) >= 11 is 1.97. The second-order valence-electron chi connectivity index (χ2n) is 6.15. The van der Waals surface area contributed by atoms with Gasteiger partial charge in [0.2, 0.25) is 0 Å². The second kappa shape index (κ2) is 7.89. The number of hydrogen-bond donors (Lipinski definition) is 1. The van der Waals surface area contributed by atoms with Crippen LogP contribution in [0.3, 0.4) is 0 Å². The van der Waals surface area contributed by atoms with Gasteiger partial charge < -0.3 is 10.1 Å². The van der Waals surface area contributed by atoms with E-state index in [1.54, 1.807) is 6.20 Å². The third kappa shape index (κ3) is 6.62. The zero-order valence-electron chi connectivity index (χ0n) is 13.6. The van der Waals surface area contributed by atoms with Gasteiger partial charge in [-0.15, -0.1) is 0 Å². The van der Waals surface area contributed by atoms with Gasteiger partial charge in [0.15, 0.2) is 0 Å². The molecule has 3 nitrogen and oxygen atoms in total. The van der Waals surface area contributed by atoms with Gasteiger partial charge in [-0.05, 0) is 32.0 Å². The Balaban J connectivity index is 2.80. The first-order chi connectivity index (χ1) is 9.31. The van der Waals surface area contributed by atoms with E-state index < -0.39 is 0 Å². The number of rotatable bonds is 7. The van der Waals surface area contributed by atoms with Crippen LogP contribution in [0.1, 0.15) is 53.1 Å². The van der Waals surface area contributed by atoms with E-state index in [2.05, 4.69) is 44.1 Å². The zero-order valence-corrected chi connectivity index (χ0v) is 14.4. The smallest absolute Gasteiger partial charge is 0.138 e. The number of hydrogen-bond acceptors (Lipinski definition) is 4. The Morgan fingerprint density at radius 1 is 1.30 bits per heavy atom. The van der Waals surface area contributed by atoms with Crippen molar-refractivity contribution >= 4 is 11.8 Å². The molecule has 0 radical (unpaired) electrons. The fourth-order valence-electron chi connectivity index (χ4n) is 1.82. The molecule has 4 heteroatoms. The van der Waals surface area contributed by atoms with Crippen LogP contribution in [0.25, 0.3) is 0 Å². The van der Waals surface area contributed by atoms with E-state index in [0.29, 0.717) is 6.04 Å². The zero-order chi connectivity index (χ0) is 15.2. The van der Waals surface area contributed by atoms with E-state index in [1.807, 2.05) is 31.8 Å². The van der Waals surface area contributed by atoms with Gasteiger partial charge in [-0.2, -0.15) is 11.8 Å². The Kier molecular flexibility index (Phi) is 6.83. The Bertz CT molecular complexity index is 402. The summed E-state index contributed by atoms with van der Waals surface area (Å²) in [5, 5.41) is 3.54. The molecule has 0 aromatic carbocycles. The summed E-state index contributed by atoms with van der Waals surface area (Å²) < 4.78 is 6.00. The highest BCUT2D eigenvalue weighted by molar-refractivity contribution is 8.00. The molecule has 1 heterocycles. The van der Waals surface area contributed by atoms with E-state index in [1.165, 1.54) is 5.56 Å². The van der Waals surface area contributed by atoms with E-state index in [0.717, 1.165) is 18.0 Å². The first kappa shape index (κ1) is 17.3. The number of nitrogens with zero attached hydrogens (tertiary/aromatic N) is 1. The van der Waals surface area contributed by atoms with Crippen LogP contribution in [0.4, 0.5) is 0 Å². The highest BCUT2D eigenvalue weighted by Crippen LogP contribution is 2.29. The van der Waals surface area contributed by atoms with Crippen LogP contribution in [0.15, 0.2) is 18.5 Å². The Labute approximate surface area is 127 Å². The van der Waals surface area contributed by atoms with Crippen LogP contribution in [0.2, 0.25) is 0 Å². The van der Waals surface area contributed by atoms with Crippen molar-refractivity contribution in [2.45, 2.75) is 58.4 Å². The van der Waals surface area contributed by atoms with Gasteiger partial charge in [0.05, 0.1) is 12.3 Å². The van der Waals surface area contributed by atoms with Gasteiger partial charge in [-0.25, -0.2) is 0 Å². The molecule has 1 unspecified atom stereocenters. The van der Waals surface area contributed by atoms with Crippen molar-refractivity contribution in [1.82, 2.24) is 10.3 Å². The molecule has 0 spiro atoms. The predicted molar refractivity (Wildman–Crippen MR) is 88.6 cm³/mol. The average Bonchev–Trinajstić information content (AvgIpc) is 2.33. The Morgan fingerprint density at radius 2 is 2.00 bits per heavy atom. The monoisotopic (exact) mass is 296 g/mol. The maximum atomic E-state index is 5.73. The van der Waals surface area contributed by atoms with Crippen molar-refractivity contribution in [2.24, 2.45) is 0 Å². The molecule has 1 N–H and O–H groups in total. The molecule has 20 heavy (non-hydrogen) atoms. The fraction of sp³-hybridized carbons (Fsp3) is 0.688. The van der Waals surface area contributed by atoms with Gasteiger partial charge in [-0.1, -0.05) is 27.7 Å². The van der Waals surface area contributed by atoms with Crippen LogP contribution < -0.4 is 10.1 Å². The summed E-state index contributed by atoms with van der Waals surface area (Å²) in [4.78, 5) is 4.31. The van der Waals surface area contributed by atoms with Crippen molar-refractivity contribution < 1.29 is 4.74 Å². The third-order valence-corrected chi connectivity index (χ3v) is 4.01. The summed E-state index contributed by atoms with van der Waals surface area (Å²) in [6, 6.07) is 2.41. The standard InChI is InChI=1S/C16H28N2OS/c1-7-18-15(11-20-16(4,5)6)13-8-14(10-17-9-13)19-12(2)3/h8-10,12,15,18H,7,11H2,1-6H3. The number of aromatic nitrogens is 1. The van der Waals surface area contributed by atoms with Gasteiger partial charge in [-0.3, -0.25) is 4.98 Å². The number of ether oxygens (including phenoxy) is 1. The molecule has 1 aromatic heterocycles. The minimum absolute atomic E-state index is 0.175. The maximum Gasteiger partial charge on any atom is 0.138 e. The third-order valence-electron chi connectivity index (χ3n) is 2.64. The van der Waals surface area contributed by atoms with Crippen molar-refractivity contribution in [2.75, 3.05) is 12.3 Å². The quantitative estimate of drug-likeness (QED) is 0.823. The summed E-state index contributed by atoms with van der Waals surface area (Å²) in [5.41, 5.74) is 1.20. The topological polar surface area (TPSA) is 34.2 Å². The largest absolute Gasteiger partial charge is 0.489 e. The van der Waals surface area contributed by atoms with Gasteiger partial charge >= 0.3 is 0 Å². The molecule has 1 atom stereocenters. The first-order valence-electron chi connectivity index (χ1n) is 7.30. The normalized spacial score (nSPS) is 13.6.